The van der Waals surface area contributed by atoms with Gasteiger partial charge >= 0.3 is 0 Å². The lowest BCUT2D eigenvalue weighted by Gasteiger charge is -2.36. The van der Waals surface area contributed by atoms with E-state index in [2.05, 4.69) is 9.88 Å². The fraction of sp³-hybridized carbons (Fsp3) is 0.786. The Morgan fingerprint density at radius 1 is 1.35 bits per heavy atom. The van der Waals surface area contributed by atoms with Gasteiger partial charge in [-0.25, -0.2) is 4.98 Å². The van der Waals surface area contributed by atoms with Gasteiger partial charge in [-0.15, -0.1) is 0 Å². The number of piperidine rings is 1. The number of halogens is 1. The Hall–Kier alpha value is -0.360. The maximum Gasteiger partial charge on any atom is 0.186 e. The number of thiazole rings is 1. The summed E-state index contributed by atoms with van der Waals surface area (Å²) in [6, 6.07) is 0. The normalized spacial score (nSPS) is 29.9. The highest BCUT2D eigenvalue weighted by Gasteiger charge is 2.42. The molecule has 0 amide bonds. The van der Waals surface area contributed by atoms with E-state index in [0.29, 0.717) is 23.1 Å². The van der Waals surface area contributed by atoms with E-state index in [-0.39, 0.29) is 0 Å². The summed E-state index contributed by atoms with van der Waals surface area (Å²) in [6.45, 7) is 3.18. The molecule has 6 heteroatoms. The zero-order valence-corrected chi connectivity index (χ0v) is 13.9. The van der Waals surface area contributed by atoms with E-state index in [1.54, 1.807) is 11.3 Å². The molecular formula is C14H22ClN3OS. The average molecular weight is 316 g/mol. The smallest absolute Gasteiger partial charge is 0.186 e. The minimum absolute atomic E-state index is 0.473. The number of anilines is 1. The number of nitrogens with zero attached hydrogens (tertiary/aromatic N) is 3. The molecule has 2 heterocycles. The van der Waals surface area contributed by atoms with Gasteiger partial charge in [0.05, 0.1) is 11.0 Å². The molecule has 112 valence electrons. The van der Waals surface area contributed by atoms with Gasteiger partial charge in [-0.3, -0.25) is 4.90 Å². The van der Waals surface area contributed by atoms with Gasteiger partial charge in [0.2, 0.25) is 0 Å². The average Bonchev–Trinajstić information content (AvgIpc) is 2.88. The summed E-state index contributed by atoms with van der Waals surface area (Å²) in [5.41, 5.74) is 0. The fourth-order valence-corrected chi connectivity index (χ4v) is 4.82. The number of aromatic nitrogens is 1. The lowest BCUT2D eigenvalue weighted by molar-refractivity contribution is -0.0177. The molecule has 3 rings (SSSR count). The molecular weight excluding hydrogens is 294 g/mol. The number of rotatable bonds is 4. The summed E-state index contributed by atoms with van der Waals surface area (Å²) < 4.78 is 5.67. The molecule has 3 atom stereocenters. The van der Waals surface area contributed by atoms with Crippen molar-refractivity contribution in [2.75, 3.05) is 39.2 Å². The number of likely N-dealkylation sites (tertiary alicyclic amines) is 1. The van der Waals surface area contributed by atoms with Crippen molar-refractivity contribution >= 4 is 28.1 Å². The van der Waals surface area contributed by atoms with Crippen LogP contribution in [0.2, 0.25) is 5.15 Å². The van der Waals surface area contributed by atoms with E-state index in [1.807, 2.05) is 26.1 Å². The number of ether oxygens (including phenoxy) is 1. The summed E-state index contributed by atoms with van der Waals surface area (Å²) in [7, 11) is 5.86. The van der Waals surface area contributed by atoms with Gasteiger partial charge in [0.25, 0.3) is 0 Å². The molecule has 0 spiro atoms. The number of methoxy groups -OCH3 is 1. The molecule has 2 bridgehead atoms. The van der Waals surface area contributed by atoms with Gasteiger partial charge in [-0.1, -0.05) is 22.9 Å². The second-order valence-corrected chi connectivity index (χ2v) is 7.52. The molecule has 0 N–H and O–H groups in total. The van der Waals surface area contributed by atoms with Crippen molar-refractivity contribution in [2.45, 2.75) is 25.5 Å². The standard InChI is InChI=1S/C14H22ClN3OS/c1-17(2)14-16-13(15)11(20-14)8-18-6-9-4-5-10(7-18)12(9)19-3/h9-10,12H,4-8H2,1-3H3/t9-,10+,12?. The molecule has 1 aromatic heterocycles. The molecule has 1 unspecified atom stereocenters. The Morgan fingerprint density at radius 2 is 2.00 bits per heavy atom. The Bertz CT molecular complexity index is 465. The van der Waals surface area contributed by atoms with Crippen molar-refractivity contribution in [1.82, 2.24) is 9.88 Å². The zero-order valence-electron chi connectivity index (χ0n) is 12.3. The van der Waals surface area contributed by atoms with Crippen LogP contribution in [0.1, 0.15) is 17.7 Å². The first-order chi connectivity index (χ1) is 9.58. The van der Waals surface area contributed by atoms with E-state index in [9.17, 15) is 0 Å². The van der Waals surface area contributed by atoms with E-state index in [0.717, 1.165) is 24.8 Å². The monoisotopic (exact) mass is 315 g/mol. The van der Waals surface area contributed by atoms with E-state index in [4.69, 9.17) is 16.3 Å². The van der Waals surface area contributed by atoms with Crippen molar-refractivity contribution in [3.05, 3.63) is 10.0 Å². The number of hydrogen-bond acceptors (Lipinski definition) is 5. The second-order valence-electron chi connectivity index (χ2n) is 6.10. The molecule has 20 heavy (non-hydrogen) atoms. The van der Waals surface area contributed by atoms with Crippen LogP contribution in [-0.2, 0) is 11.3 Å². The van der Waals surface area contributed by atoms with Crippen molar-refractivity contribution in [3.8, 4) is 0 Å². The number of fused-ring (bicyclic) bond motifs is 2. The Kier molecular flexibility index (Phi) is 4.22. The summed E-state index contributed by atoms with van der Waals surface area (Å²) >= 11 is 7.97. The molecule has 1 aliphatic heterocycles. The van der Waals surface area contributed by atoms with Crippen LogP contribution in [0.15, 0.2) is 0 Å². The first-order valence-electron chi connectivity index (χ1n) is 7.16. The lowest BCUT2D eigenvalue weighted by Crippen LogP contribution is -2.44. The highest BCUT2D eigenvalue weighted by Crippen LogP contribution is 2.40. The first kappa shape index (κ1) is 14.6. The molecule has 1 saturated carbocycles. The van der Waals surface area contributed by atoms with Gasteiger partial charge in [0.15, 0.2) is 5.13 Å². The largest absolute Gasteiger partial charge is 0.381 e. The Morgan fingerprint density at radius 3 is 2.50 bits per heavy atom. The highest BCUT2D eigenvalue weighted by molar-refractivity contribution is 7.16. The first-order valence-corrected chi connectivity index (χ1v) is 8.35. The van der Waals surface area contributed by atoms with E-state index >= 15 is 0 Å². The molecule has 1 aromatic rings. The number of hydrogen-bond donors (Lipinski definition) is 0. The van der Waals surface area contributed by atoms with Crippen molar-refractivity contribution in [1.29, 1.82) is 0 Å². The van der Waals surface area contributed by atoms with Crippen LogP contribution in [0.3, 0.4) is 0 Å². The van der Waals surface area contributed by atoms with Gasteiger partial charge in [-0.05, 0) is 24.7 Å². The van der Waals surface area contributed by atoms with Crippen molar-refractivity contribution in [3.63, 3.8) is 0 Å². The van der Waals surface area contributed by atoms with E-state index in [1.165, 1.54) is 17.7 Å². The molecule has 0 aromatic carbocycles. The van der Waals surface area contributed by atoms with Crippen molar-refractivity contribution in [2.24, 2.45) is 11.8 Å². The minimum Gasteiger partial charge on any atom is -0.381 e. The Balaban J connectivity index is 1.68. The van der Waals surface area contributed by atoms with Crippen molar-refractivity contribution < 1.29 is 4.74 Å². The van der Waals surface area contributed by atoms with Gasteiger partial charge in [0, 0.05) is 40.8 Å². The summed E-state index contributed by atoms with van der Waals surface area (Å²) in [5, 5.41) is 1.65. The van der Waals surface area contributed by atoms with Crippen LogP contribution >= 0.6 is 22.9 Å². The third-order valence-electron chi connectivity index (χ3n) is 4.48. The van der Waals surface area contributed by atoms with Crippen LogP contribution < -0.4 is 4.90 Å². The SMILES string of the molecule is COC1[C@@H]2CC[C@H]1CN(Cc1sc(N(C)C)nc1Cl)C2. The van der Waals surface area contributed by atoms with Crippen LogP contribution in [0, 0.1) is 11.8 Å². The lowest BCUT2D eigenvalue weighted by atomic mass is 9.95. The van der Waals surface area contributed by atoms with Gasteiger partial charge in [0.1, 0.15) is 5.15 Å². The molecule has 1 saturated heterocycles. The molecule has 2 fully saturated rings. The second kappa shape index (κ2) is 5.79. The summed E-state index contributed by atoms with van der Waals surface area (Å²) in [5.74, 6) is 1.39. The predicted octanol–water partition coefficient (Wildman–Crippen LogP) is 2.72. The summed E-state index contributed by atoms with van der Waals surface area (Å²) in [4.78, 5) is 10.1. The minimum atomic E-state index is 0.473. The molecule has 0 radical (unpaired) electrons. The Labute approximate surface area is 129 Å². The van der Waals surface area contributed by atoms with Gasteiger partial charge in [-0.2, -0.15) is 0 Å². The third kappa shape index (κ3) is 2.69. The van der Waals surface area contributed by atoms with Crippen LogP contribution in [-0.4, -0.2) is 50.3 Å². The highest BCUT2D eigenvalue weighted by atomic mass is 35.5. The van der Waals surface area contributed by atoms with Crippen LogP contribution in [0.25, 0.3) is 0 Å². The summed E-state index contributed by atoms with van der Waals surface area (Å²) in [6.07, 6.45) is 3.08. The topological polar surface area (TPSA) is 28.6 Å². The maximum atomic E-state index is 6.27. The molecule has 1 aliphatic carbocycles. The zero-order chi connectivity index (χ0) is 14.3. The fourth-order valence-electron chi connectivity index (χ4n) is 3.60. The van der Waals surface area contributed by atoms with Crippen LogP contribution in [0.5, 0.6) is 0 Å². The third-order valence-corrected chi connectivity index (χ3v) is 6.12. The van der Waals surface area contributed by atoms with E-state index < -0.39 is 0 Å². The quantitative estimate of drug-likeness (QED) is 0.854. The van der Waals surface area contributed by atoms with Crippen LogP contribution in [0.4, 0.5) is 5.13 Å². The predicted molar refractivity (Wildman–Crippen MR) is 83.7 cm³/mol. The maximum absolute atomic E-state index is 6.27. The molecule has 4 nitrogen and oxygen atoms in total. The van der Waals surface area contributed by atoms with Gasteiger partial charge < -0.3 is 9.64 Å². The molecule has 2 aliphatic rings.